The summed E-state index contributed by atoms with van der Waals surface area (Å²) in [5.41, 5.74) is 1.04. The molecule has 0 unspecified atom stereocenters. The van der Waals surface area contributed by atoms with Crippen molar-refractivity contribution in [1.82, 2.24) is 15.5 Å². The minimum Gasteiger partial charge on any atom is -0.356 e. The number of benzene rings is 1. The molecule has 1 aromatic rings. The zero-order chi connectivity index (χ0) is 13.5. The second kappa shape index (κ2) is 6.86. The molecule has 98 valence electrons. The Balaban J connectivity index is 2.32. The average Bonchev–Trinajstić information content (AvgIpc) is 2.31. The van der Waals surface area contributed by atoms with Gasteiger partial charge < -0.3 is 10.2 Å². The fourth-order valence-electron chi connectivity index (χ4n) is 1.30. The zero-order valence-electron chi connectivity index (χ0n) is 10.5. The molecule has 0 aromatic heterocycles. The molecular formula is C12H18ClN5. The number of hydrogen-bond acceptors (Lipinski definition) is 2. The normalized spacial score (nSPS) is 9.72. The third kappa shape index (κ3) is 4.63. The number of halogens is 1. The van der Waals surface area contributed by atoms with E-state index in [2.05, 4.69) is 10.6 Å². The summed E-state index contributed by atoms with van der Waals surface area (Å²) in [6, 6.07) is 7.64. The maximum atomic E-state index is 7.61. The van der Waals surface area contributed by atoms with Gasteiger partial charge in [-0.15, -0.1) is 0 Å². The molecule has 6 heteroatoms. The highest BCUT2D eigenvalue weighted by atomic mass is 35.5. The Morgan fingerprint density at radius 1 is 1.28 bits per heavy atom. The molecule has 0 aliphatic carbocycles. The first-order valence-electron chi connectivity index (χ1n) is 5.59. The molecule has 1 rings (SSSR count). The molecule has 4 N–H and O–H groups in total. The number of nitrogens with zero attached hydrogens (tertiary/aromatic N) is 1. The van der Waals surface area contributed by atoms with Crippen LogP contribution in [-0.4, -0.2) is 37.5 Å². The summed E-state index contributed by atoms with van der Waals surface area (Å²) in [6.45, 7) is 0.594. The van der Waals surface area contributed by atoms with Crippen LogP contribution >= 0.6 is 11.6 Å². The summed E-state index contributed by atoms with van der Waals surface area (Å²) in [7, 11) is 3.48. The van der Waals surface area contributed by atoms with Crippen LogP contribution in [-0.2, 0) is 6.42 Å². The van der Waals surface area contributed by atoms with Gasteiger partial charge in [0, 0.05) is 25.7 Å². The van der Waals surface area contributed by atoms with Crippen molar-refractivity contribution in [2.45, 2.75) is 6.42 Å². The molecule has 18 heavy (non-hydrogen) atoms. The van der Waals surface area contributed by atoms with Crippen molar-refractivity contribution in [3.05, 3.63) is 34.9 Å². The lowest BCUT2D eigenvalue weighted by atomic mass is 10.1. The van der Waals surface area contributed by atoms with Gasteiger partial charge in [0.25, 0.3) is 0 Å². The number of nitrogens with one attached hydrogen (secondary N) is 4. The monoisotopic (exact) mass is 267 g/mol. The summed E-state index contributed by atoms with van der Waals surface area (Å²) in [5, 5.41) is 21.4. The molecule has 0 saturated carbocycles. The average molecular weight is 268 g/mol. The van der Waals surface area contributed by atoms with Crippen molar-refractivity contribution in [3.8, 4) is 0 Å². The molecule has 0 bridgehead atoms. The second-order valence-corrected chi connectivity index (χ2v) is 4.42. The number of guanidine groups is 2. The van der Waals surface area contributed by atoms with Crippen LogP contribution in [0.3, 0.4) is 0 Å². The van der Waals surface area contributed by atoms with E-state index in [0.717, 1.165) is 17.0 Å². The lowest BCUT2D eigenvalue weighted by molar-refractivity contribution is 0.597. The van der Waals surface area contributed by atoms with E-state index in [9.17, 15) is 0 Å². The Morgan fingerprint density at radius 3 is 2.56 bits per heavy atom. The van der Waals surface area contributed by atoms with Crippen LogP contribution < -0.4 is 10.6 Å². The Morgan fingerprint density at radius 2 is 1.94 bits per heavy atom. The minimum absolute atomic E-state index is 0.112. The summed E-state index contributed by atoms with van der Waals surface area (Å²) < 4.78 is 0. The van der Waals surface area contributed by atoms with Gasteiger partial charge >= 0.3 is 0 Å². The van der Waals surface area contributed by atoms with Crippen LogP contribution in [0.4, 0.5) is 0 Å². The van der Waals surface area contributed by atoms with Gasteiger partial charge in [-0.25, -0.2) is 0 Å². The highest BCUT2D eigenvalue weighted by molar-refractivity contribution is 6.31. The van der Waals surface area contributed by atoms with Gasteiger partial charge in [-0.2, -0.15) is 0 Å². The summed E-state index contributed by atoms with van der Waals surface area (Å²) in [6.07, 6.45) is 0.735. The van der Waals surface area contributed by atoms with Gasteiger partial charge in [0.05, 0.1) is 0 Å². The summed E-state index contributed by atoms with van der Waals surface area (Å²) in [5.74, 6) is 0.283. The van der Waals surface area contributed by atoms with Crippen molar-refractivity contribution >= 4 is 23.5 Å². The van der Waals surface area contributed by atoms with Gasteiger partial charge in [0.2, 0.25) is 0 Å². The van der Waals surface area contributed by atoms with Gasteiger partial charge in [0.1, 0.15) is 0 Å². The Hall–Kier alpha value is -1.75. The van der Waals surface area contributed by atoms with Crippen molar-refractivity contribution in [2.75, 3.05) is 20.6 Å². The van der Waals surface area contributed by atoms with Gasteiger partial charge in [0.15, 0.2) is 11.9 Å². The van der Waals surface area contributed by atoms with E-state index < -0.39 is 0 Å². The van der Waals surface area contributed by atoms with E-state index in [1.165, 1.54) is 0 Å². The highest BCUT2D eigenvalue weighted by Crippen LogP contribution is 2.14. The molecule has 0 fully saturated rings. The van der Waals surface area contributed by atoms with Crippen molar-refractivity contribution in [3.63, 3.8) is 0 Å². The molecule has 0 saturated heterocycles. The Kier molecular flexibility index (Phi) is 5.45. The molecule has 0 atom stereocenters. The quantitative estimate of drug-likeness (QED) is 0.495. The van der Waals surface area contributed by atoms with Crippen LogP contribution in [0.1, 0.15) is 5.56 Å². The number of hydrogen-bond donors (Lipinski definition) is 4. The molecule has 1 aromatic carbocycles. The van der Waals surface area contributed by atoms with E-state index >= 15 is 0 Å². The molecule has 0 amide bonds. The predicted octanol–water partition coefficient (Wildman–Crippen LogP) is 1.49. The molecule has 5 nitrogen and oxygen atoms in total. The third-order valence-electron chi connectivity index (χ3n) is 2.34. The van der Waals surface area contributed by atoms with Crippen molar-refractivity contribution in [1.29, 1.82) is 10.8 Å². The second-order valence-electron chi connectivity index (χ2n) is 4.01. The molecule has 0 spiro atoms. The lowest BCUT2D eigenvalue weighted by Crippen LogP contribution is -2.45. The predicted molar refractivity (Wildman–Crippen MR) is 75.4 cm³/mol. The standard InChI is InChI=1S/C12H18ClN5/c1-18(2)12(15)17-11(14)16-8-7-9-5-3-4-6-10(9)13/h3-6H,7-8H2,1-2H3,(H4,14,15,16,17). The molecule has 0 aliphatic heterocycles. The van der Waals surface area contributed by atoms with E-state index in [0.29, 0.717) is 6.54 Å². The van der Waals surface area contributed by atoms with E-state index in [4.69, 9.17) is 22.4 Å². The third-order valence-corrected chi connectivity index (χ3v) is 2.71. The fourth-order valence-corrected chi connectivity index (χ4v) is 1.53. The topological polar surface area (TPSA) is 75.0 Å². The van der Waals surface area contributed by atoms with Crippen LogP contribution in [0.2, 0.25) is 5.02 Å². The molecule has 0 aliphatic rings. The number of rotatable bonds is 3. The Labute approximate surface area is 112 Å². The maximum Gasteiger partial charge on any atom is 0.197 e. The van der Waals surface area contributed by atoms with Crippen LogP contribution in [0.25, 0.3) is 0 Å². The first-order chi connectivity index (χ1) is 8.50. The molecular weight excluding hydrogens is 250 g/mol. The van der Waals surface area contributed by atoms with Crippen LogP contribution in [0.5, 0.6) is 0 Å². The largest absolute Gasteiger partial charge is 0.356 e. The van der Waals surface area contributed by atoms with Crippen molar-refractivity contribution in [2.24, 2.45) is 0 Å². The first kappa shape index (κ1) is 14.3. The van der Waals surface area contributed by atoms with Gasteiger partial charge in [-0.3, -0.25) is 16.1 Å². The lowest BCUT2D eigenvalue weighted by Gasteiger charge is -2.16. The molecule has 0 radical (unpaired) electrons. The van der Waals surface area contributed by atoms with Crippen LogP contribution in [0, 0.1) is 10.8 Å². The molecule has 0 heterocycles. The van der Waals surface area contributed by atoms with Crippen LogP contribution in [0.15, 0.2) is 24.3 Å². The Bertz CT molecular complexity index is 430. The summed E-state index contributed by atoms with van der Waals surface area (Å²) in [4.78, 5) is 1.59. The van der Waals surface area contributed by atoms with E-state index in [-0.39, 0.29) is 11.9 Å². The minimum atomic E-state index is 0.112. The highest BCUT2D eigenvalue weighted by Gasteiger charge is 2.03. The summed E-state index contributed by atoms with van der Waals surface area (Å²) >= 11 is 6.03. The van der Waals surface area contributed by atoms with Crippen molar-refractivity contribution < 1.29 is 0 Å². The first-order valence-corrected chi connectivity index (χ1v) is 5.97. The van der Waals surface area contributed by atoms with Gasteiger partial charge in [-0.1, -0.05) is 29.8 Å². The smallest absolute Gasteiger partial charge is 0.197 e. The SMILES string of the molecule is CN(C)C(=N)NC(=N)NCCc1ccccc1Cl. The maximum absolute atomic E-state index is 7.61. The fraction of sp³-hybridized carbons (Fsp3) is 0.333. The zero-order valence-corrected chi connectivity index (χ0v) is 11.3. The van der Waals surface area contributed by atoms with E-state index in [1.54, 1.807) is 19.0 Å². The van der Waals surface area contributed by atoms with Gasteiger partial charge in [-0.05, 0) is 18.1 Å². The van der Waals surface area contributed by atoms with E-state index in [1.807, 2.05) is 24.3 Å².